The Morgan fingerprint density at radius 1 is 1.41 bits per heavy atom. The summed E-state index contributed by atoms with van der Waals surface area (Å²) in [6, 6.07) is 0. The van der Waals surface area contributed by atoms with Gasteiger partial charge in [-0.25, -0.2) is 0 Å². The summed E-state index contributed by atoms with van der Waals surface area (Å²) in [6.07, 6.45) is 8.09. The lowest BCUT2D eigenvalue weighted by Crippen LogP contribution is -2.33. The van der Waals surface area contributed by atoms with Gasteiger partial charge in [-0.05, 0) is 47.6 Å². The van der Waals surface area contributed by atoms with Crippen LogP contribution in [0.5, 0.6) is 0 Å². The van der Waals surface area contributed by atoms with E-state index in [2.05, 4.69) is 29.5 Å². The Kier molecular flexibility index (Phi) is 9.55. The van der Waals surface area contributed by atoms with Gasteiger partial charge in [0.05, 0.1) is 0 Å². The van der Waals surface area contributed by atoms with Crippen LogP contribution < -0.4 is 0 Å². The van der Waals surface area contributed by atoms with E-state index in [1.807, 2.05) is 53.8 Å². The van der Waals surface area contributed by atoms with Gasteiger partial charge in [0, 0.05) is 31.4 Å². The topological polar surface area (TPSA) is 24.8 Å². The van der Waals surface area contributed by atoms with Crippen LogP contribution in [0.4, 0.5) is 0 Å². The van der Waals surface area contributed by atoms with Crippen LogP contribution in [0, 0.1) is 0 Å². The van der Waals surface area contributed by atoms with Gasteiger partial charge < -0.3 is 9.64 Å². The molecule has 0 saturated carbocycles. The van der Waals surface area contributed by atoms with E-state index in [1.165, 1.54) is 5.57 Å². The fraction of sp³-hybridized carbons (Fsp3) is 0.632. The third-order valence-corrected chi connectivity index (χ3v) is 3.01. The molecule has 3 heteroatoms. The average molecular weight is 306 g/mol. The standard InChI is InChI=1S/C17H28N2O.C2H6/c1-7-10-18-14(2)13-16-8-11-19(12-9-16)15(3)20-17(4,5)6;1-2/h7-8,10H,3,9,11-13H2,1-2,4-6H3;1-2H3/b10-7-,18-14?;. The van der Waals surface area contributed by atoms with Crippen LogP contribution in [-0.4, -0.2) is 29.3 Å². The molecule has 1 heterocycles. The van der Waals surface area contributed by atoms with Crippen molar-refractivity contribution in [2.45, 2.75) is 66.9 Å². The van der Waals surface area contributed by atoms with Crippen molar-refractivity contribution < 1.29 is 4.74 Å². The monoisotopic (exact) mass is 306 g/mol. The predicted octanol–water partition coefficient (Wildman–Crippen LogP) is 5.32. The Hall–Kier alpha value is -1.51. The van der Waals surface area contributed by atoms with Gasteiger partial charge in [-0.2, -0.15) is 0 Å². The van der Waals surface area contributed by atoms with Crippen LogP contribution in [-0.2, 0) is 4.74 Å². The summed E-state index contributed by atoms with van der Waals surface area (Å²) in [6.45, 7) is 20.1. The fourth-order valence-corrected chi connectivity index (χ4v) is 2.09. The first-order chi connectivity index (χ1) is 10.3. The Labute approximate surface area is 137 Å². The highest BCUT2D eigenvalue weighted by Gasteiger charge is 2.19. The van der Waals surface area contributed by atoms with E-state index in [4.69, 9.17) is 4.74 Å². The van der Waals surface area contributed by atoms with Gasteiger partial charge in [-0.1, -0.05) is 31.6 Å². The predicted molar refractivity (Wildman–Crippen MR) is 98.1 cm³/mol. The van der Waals surface area contributed by atoms with Crippen LogP contribution >= 0.6 is 0 Å². The summed E-state index contributed by atoms with van der Waals surface area (Å²) < 4.78 is 5.82. The number of nitrogens with zero attached hydrogens (tertiary/aromatic N) is 2. The molecule has 1 aliphatic rings. The number of rotatable bonds is 5. The number of allylic oxidation sites excluding steroid dienone is 1. The summed E-state index contributed by atoms with van der Waals surface area (Å²) in [5.74, 6) is 0.770. The minimum absolute atomic E-state index is 0.184. The molecule has 1 rings (SSSR count). The summed E-state index contributed by atoms with van der Waals surface area (Å²) in [5, 5.41) is 0. The van der Waals surface area contributed by atoms with E-state index in [0.717, 1.165) is 37.5 Å². The lowest BCUT2D eigenvalue weighted by molar-refractivity contribution is 0.00499. The molecule has 0 bridgehead atoms. The molecular formula is C19H34N2O. The van der Waals surface area contributed by atoms with E-state index >= 15 is 0 Å². The number of aliphatic imine (C=N–C) groups is 1. The molecule has 0 amide bonds. The van der Waals surface area contributed by atoms with Crippen molar-refractivity contribution in [1.29, 1.82) is 0 Å². The second-order valence-electron chi connectivity index (χ2n) is 6.19. The van der Waals surface area contributed by atoms with Crippen LogP contribution in [0.3, 0.4) is 0 Å². The van der Waals surface area contributed by atoms with Crippen molar-refractivity contribution in [3.05, 3.63) is 36.4 Å². The van der Waals surface area contributed by atoms with Crippen molar-refractivity contribution in [3.63, 3.8) is 0 Å². The molecule has 0 N–H and O–H groups in total. The van der Waals surface area contributed by atoms with Crippen LogP contribution in [0.1, 0.15) is 61.3 Å². The maximum absolute atomic E-state index is 5.82. The minimum atomic E-state index is -0.184. The molecule has 0 aromatic rings. The highest BCUT2D eigenvalue weighted by Crippen LogP contribution is 2.21. The normalized spacial score (nSPS) is 16.0. The molecular weight excluding hydrogens is 272 g/mol. The van der Waals surface area contributed by atoms with Gasteiger partial charge in [0.25, 0.3) is 0 Å². The van der Waals surface area contributed by atoms with E-state index in [0.29, 0.717) is 0 Å². The zero-order chi connectivity index (χ0) is 17.2. The van der Waals surface area contributed by atoms with Crippen molar-refractivity contribution in [2.75, 3.05) is 13.1 Å². The molecule has 0 aromatic heterocycles. The minimum Gasteiger partial charge on any atom is -0.474 e. The van der Waals surface area contributed by atoms with Gasteiger partial charge in [0.15, 0.2) is 5.88 Å². The van der Waals surface area contributed by atoms with E-state index in [-0.39, 0.29) is 5.60 Å². The maximum Gasteiger partial charge on any atom is 0.182 e. The third kappa shape index (κ3) is 8.71. The first kappa shape index (κ1) is 20.5. The third-order valence-electron chi connectivity index (χ3n) is 3.01. The summed E-state index contributed by atoms with van der Waals surface area (Å²) in [5.41, 5.74) is 2.43. The number of hydrogen-bond acceptors (Lipinski definition) is 3. The molecule has 0 unspecified atom stereocenters. The first-order valence-corrected chi connectivity index (χ1v) is 8.27. The molecule has 126 valence electrons. The zero-order valence-electron chi connectivity index (χ0n) is 15.6. The van der Waals surface area contributed by atoms with Crippen molar-refractivity contribution in [2.24, 2.45) is 4.99 Å². The van der Waals surface area contributed by atoms with Gasteiger partial charge in [-0.3, -0.25) is 4.99 Å². The molecule has 1 aliphatic heterocycles. The molecule has 3 nitrogen and oxygen atoms in total. The fourth-order valence-electron chi connectivity index (χ4n) is 2.09. The highest BCUT2D eigenvalue weighted by molar-refractivity contribution is 5.84. The van der Waals surface area contributed by atoms with E-state index in [1.54, 1.807) is 0 Å². The largest absolute Gasteiger partial charge is 0.474 e. The summed E-state index contributed by atoms with van der Waals surface area (Å²) in [4.78, 5) is 6.57. The van der Waals surface area contributed by atoms with Crippen molar-refractivity contribution in [3.8, 4) is 0 Å². The lowest BCUT2D eigenvalue weighted by atomic mass is 10.0. The molecule has 22 heavy (non-hydrogen) atoms. The quantitative estimate of drug-likeness (QED) is 0.390. The summed E-state index contributed by atoms with van der Waals surface area (Å²) in [7, 11) is 0. The average Bonchev–Trinajstić information content (AvgIpc) is 2.46. The second kappa shape index (κ2) is 10.3. The Morgan fingerprint density at radius 2 is 2.05 bits per heavy atom. The maximum atomic E-state index is 5.82. The molecule has 0 atom stereocenters. The first-order valence-electron chi connectivity index (χ1n) is 8.27. The number of ether oxygens (including phenoxy) is 1. The Balaban J connectivity index is 0.00000211. The van der Waals surface area contributed by atoms with Gasteiger partial charge in [0.1, 0.15) is 5.60 Å². The second-order valence-corrected chi connectivity index (χ2v) is 6.19. The highest BCUT2D eigenvalue weighted by atomic mass is 16.5. The summed E-state index contributed by atoms with van der Waals surface area (Å²) >= 11 is 0. The number of hydrogen-bond donors (Lipinski definition) is 0. The lowest BCUT2D eigenvalue weighted by Gasteiger charge is -2.33. The van der Waals surface area contributed by atoms with E-state index < -0.39 is 0 Å². The molecule has 0 saturated heterocycles. The van der Waals surface area contributed by atoms with Gasteiger partial charge in [0.2, 0.25) is 0 Å². The van der Waals surface area contributed by atoms with Crippen LogP contribution in [0.15, 0.2) is 41.4 Å². The van der Waals surface area contributed by atoms with Gasteiger partial charge in [-0.15, -0.1) is 0 Å². The Morgan fingerprint density at radius 3 is 2.50 bits per heavy atom. The zero-order valence-corrected chi connectivity index (χ0v) is 15.6. The van der Waals surface area contributed by atoms with Crippen molar-refractivity contribution >= 4 is 5.71 Å². The molecule has 0 aliphatic carbocycles. The molecule has 0 fully saturated rings. The Bertz CT molecular complexity index is 425. The molecule has 0 spiro atoms. The van der Waals surface area contributed by atoms with Crippen LogP contribution in [0.25, 0.3) is 0 Å². The van der Waals surface area contributed by atoms with Gasteiger partial charge >= 0.3 is 0 Å². The molecule has 0 radical (unpaired) electrons. The van der Waals surface area contributed by atoms with Crippen molar-refractivity contribution in [1.82, 2.24) is 4.90 Å². The van der Waals surface area contributed by atoms with Crippen LogP contribution in [0.2, 0.25) is 0 Å². The smallest absolute Gasteiger partial charge is 0.182 e. The SMILES string of the molecule is C=C(OC(C)(C)C)N1CC=C(CC(C)=N/C=C\C)CC1.CC. The molecule has 0 aromatic carbocycles. The van der Waals surface area contributed by atoms with E-state index in [9.17, 15) is 0 Å².